The molecule has 532 valence electrons. The molecule has 5 amide bonds. The van der Waals surface area contributed by atoms with Crippen molar-refractivity contribution in [3.63, 3.8) is 0 Å². The van der Waals surface area contributed by atoms with Crippen molar-refractivity contribution in [2.24, 2.45) is 0 Å². The number of benzene rings is 3. The number of ether oxygens (including phenoxy) is 2. The first-order valence-electron chi connectivity index (χ1n) is 32.7. The number of nitrogen functional groups attached to an aromatic ring is 1. The molecule has 9 heterocycles. The summed E-state index contributed by atoms with van der Waals surface area (Å²) in [4.78, 5) is 92.3. The van der Waals surface area contributed by atoms with Gasteiger partial charge in [0.15, 0.2) is 52.9 Å². The molecule has 32 heteroatoms. The van der Waals surface area contributed by atoms with Gasteiger partial charge in [-0.2, -0.15) is 0 Å². The Bertz CT molecular complexity index is 5100. The number of carbonyl (C=O) groups is 5. The molecule has 3 unspecified atom stereocenters. The average Bonchev–Trinajstić information content (AvgIpc) is 1.58. The number of rotatable bonds is 13. The maximum atomic E-state index is 13.1. The molecule has 9 aromatic heterocycles. The van der Waals surface area contributed by atoms with Gasteiger partial charge in [-0.1, -0.05) is 29.8 Å². The van der Waals surface area contributed by atoms with Gasteiger partial charge in [-0.3, -0.25) is 37.4 Å². The van der Waals surface area contributed by atoms with Crippen LogP contribution in [0.5, 0.6) is 0 Å². The fraction of sp³-hybridized carbons (Fsp3) is 0.329. The Labute approximate surface area is 587 Å². The monoisotopic (exact) mass is 1410 g/mol. The lowest BCUT2D eigenvalue weighted by atomic mass is 9.89. The van der Waals surface area contributed by atoms with E-state index in [0.717, 1.165) is 35.4 Å². The summed E-state index contributed by atoms with van der Waals surface area (Å²) in [5.41, 5.74) is 12.6. The third-order valence-electron chi connectivity index (χ3n) is 17.1. The second kappa shape index (κ2) is 29.0. The number of halogens is 1. The number of oxazole rings is 3. The molecule has 31 nitrogen and oxygen atoms in total. The van der Waals surface area contributed by atoms with Crippen LogP contribution in [0.1, 0.15) is 111 Å². The summed E-state index contributed by atoms with van der Waals surface area (Å²) >= 11 is 6.13. The molecule has 12 aromatic rings. The number of aliphatic hydroxyl groups is 3. The van der Waals surface area contributed by atoms with E-state index in [1.807, 2.05) is 52.9 Å². The zero-order chi connectivity index (χ0) is 72.5. The van der Waals surface area contributed by atoms with Crippen LogP contribution >= 0.6 is 11.6 Å². The number of para-hydroxylation sites is 3. The first kappa shape index (κ1) is 70.3. The van der Waals surface area contributed by atoms with Crippen LogP contribution in [0, 0.1) is 0 Å². The molecule has 3 saturated carbocycles. The molecule has 3 fully saturated rings. The molecule has 0 bridgehead atoms. The fourth-order valence-electron chi connectivity index (χ4n) is 11.2. The van der Waals surface area contributed by atoms with Crippen LogP contribution in [0.25, 0.3) is 50.2 Å². The van der Waals surface area contributed by atoms with Crippen molar-refractivity contribution in [2.75, 3.05) is 52.6 Å². The van der Waals surface area contributed by atoms with Crippen LogP contribution in [-0.2, 0) is 9.47 Å². The first-order valence-corrected chi connectivity index (χ1v) is 33.1. The second-order valence-corrected chi connectivity index (χ2v) is 26.9. The topological polar surface area (TPSA) is 399 Å². The largest absolute Gasteiger partial charge is 0.443 e. The zero-order valence-electron chi connectivity index (χ0n) is 57.1. The standard InChI is InChI=1S/C25H28N6O5.C20H20N6O3.C18H23ClN4O4.C7H6N2O/c1-25(2,3)36-24(34)30(4)20-12-19(27-16-6-5-7-18-21(16)26-13-35-18)29-22-14(10-11-31(20)22)23(33)28-15-8-9-17(15)32;1-21-17-9-16(23-13-3-2-4-15-18(13)22-10-29-15)25-19-11(7-8-26(17)19)20(28)24-12-5-6-14(12)27;1-18(2,3)27-17(26)22(4)14-9-13(19)21-15-10(7-8-23(14)15)16(25)20-11-5-6-12(11)24;8-5-2-1-3-6-7(5)9-4-10-6/h5-7,10-13,15,17,32H,8-9H2,1-4H3,(H,27,29)(H,28,33);2-4,7-10,12,14,21,27H,5-6H2,1H3,(H,23,25)(H,24,28);7-9,11-12,24H,5-6H2,1-4H3,(H,20,25);1-4H,8H2/t15?,17-;12?,14-;11?,12-;/m111./s1. The smallest absolute Gasteiger partial charge is 0.415 e. The van der Waals surface area contributed by atoms with Crippen LogP contribution < -0.4 is 47.4 Å². The Morgan fingerprint density at radius 3 is 1.31 bits per heavy atom. The average molecular weight is 1410 g/mol. The van der Waals surface area contributed by atoms with Gasteiger partial charge in [0.1, 0.15) is 62.0 Å². The van der Waals surface area contributed by atoms with Crippen molar-refractivity contribution in [1.29, 1.82) is 0 Å². The van der Waals surface area contributed by atoms with E-state index in [1.54, 1.807) is 126 Å². The van der Waals surface area contributed by atoms with Crippen molar-refractivity contribution in [2.45, 2.75) is 128 Å². The Morgan fingerprint density at radius 2 is 0.912 bits per heavy atom. The maximum absolute atomic E-state index is 13.1. The van der Waals surface area contributed by atoms with Crippen LogP contribution in [0.15, 0.2) is 142 Å². The highest BCUT2D eigenvalue weighted by Crippen LogP contribution is 2.33. The van der Waals surface area contributed by atoms with E-state index in [4.69, 9.17) is 40.1 Å². The molecular weight excluding hydrogens is 1340 g/mol. The van der Waals surface area contributed by atoms with E-state index >= 15 is 0 Å². The van der Waals surface area contributed by atoms with Crippen LogP contribution in [0.3, 0.4) is 0 Å². The Kier molecular flexibility index (Phi) is 20.0. The minimum atomic E-state index is -0.688. The number of nitrogens with zero attached hydrogens (tertiary/aromatic N) is 11. The second-order valence-electron chi connectivity index (χ2n) is 26.5. The number of carbonyl (C=O) groups excluding carboxylic acids is 5. The third kappa shape index (κ3) is 15.3. The Morgan fingerprint density at radius 1 is 0.529 bits per heavy atom. The Balaban J connectivity index is 0.000000136. The summed E-state index contributed by atoms with van der Waals surface area (Å²) in [7, 11) is 4.96. The van der Waals surface area contributed by atoms with Crippen LogP contribution in [-0.4, -0.2) is 157 Å². The van der Waals surface area contributed by atoms with Gasteiger partial charge in [0.05, 0.1) is 70.2 Å². The SMILES string of the molecule is CN(C(=O)OC(C)(C)C)c1cc(Cl)nc2c(C(=O)NC3CC[C@H]3O)ccn12.CN(C(=O)OC(C)(C)C)c1cc(Nc2cccc3ocnc23)nc2c(C(=O)NC3CC[C@H]3O)ccn12.CNc1cc(Nc2cccc3ocnc23)nc2c(C(=O)NC3CC[C@H]3O)ccn12.Nc1cccc2ocnc12. The molecule has 0 spiro atoms. The third-order valence-corrected chi connectivity index (χ3v) is 17.3. The summed E-state index contributed by atoms with van der Waals surface area (Å²) in [5, 5.41) is 47.6. The first-order chi connectivity index (χ1) is 48.7. The van der Waals surface area contributed by atoms with Crippen LogP contribution in [0.4, 0.5) is 55.7 Å². The van der Waals surface area contributed by atoms with Gasteiger partial charge in [0, 0.05) is 57.9 Å². The lowest BCUT2D eigenvalue weighted by molar-refractivity contribution is 0.0448. The molecule has 15 rings (SSSR count). The van der Waals surface area contributed by atoms with E-state index in [1.165, 1.54) is 35.0 Å². The van der Waals surface area contributed by atoms with Crippen molar-refractivity contribution >= 4 is 138 Å². The van der Waals surface area contributed by atoms with Crippen LogP contribution in [0.2, 0.25) is 5.15 Å². The number of nitrogens with one attached hydrogen (secondary N) is 6. The molecule has 3 aliphatic rings. The van der Waals surface area contributed by atoms with E-state index in [0.29, 0.717) is 116 Å². The molecule has 102 heavy (non-hydrogen) atoms. The summed E-state index contributed by atoms with van der Waals surface area (Å²) in [5.74, 6) is 1.63. The van der Waals surface area contributed by atoms with Crippen molar-refractivity contribution in [1.82, 2.24) is 59.1 Å². The number of hydrogen-bond acceptors (Lipinski definition) is 23. The van der Waals surface area contributed by atoms with Gasteiger partial charge in [-0.15, -0.1) is 0 Å². The summed E-state index contributed by atoms with van der Waals surface area (Å²) < 4.78 is 31.7. The quantitative estimate of drug-likeness (QED) is 0.0379. The molecule has 3 aromatic carbocycles. The number of aromatic nitrogens is 9. The molecule has 0 saturated heterocycles. The zero-order valence-corrected chi connectivity index (χ0v) is 57.9. The molecule has 0 aliphatic heterocycles. The molecule has 3 aliphatic carbocycles. The normalized spacial score (nSPS) is 17.7. The molecule has 6 atom stereocenters. The highest BCUT2D eigenvalue weighted by atomic mass is 35.5. The van der Waals surface area contributed by atoms with Gasteiger partial charge >= 0.3 is 12.2 Å². The Hall–Kier alpha value is -11.5. The highest BCUT2D eigenvalue weighted by molar-refractivity contribution is 6.30. The van der Waals surface area contributed by atoms with Gasteiger partial charge in [0.2, 0.25) is 0 Å². The van der Waals surface area contributed by atoms with E-state index in [9.17, 15) is 39.3 Å². The van der Waals surface area contributed by atoms with E-state index in [2.05, 4.69) is 61.8 Å². The van der Waals surface area contributed by atoms with E-state index in [-0.39, 0.29) is 41.0 Å². The van der Waals surface area contributed by atoms with Crippen molar-refractivity contribution in [3.8, 4) is 0 Å². The van der Waals surface area contributed by atoms with E-state index < -0.39 is 41.7 Å². The summed E-state index contributed by atoms with van der Waals surface area (Å²) in [6.45, 7) is 10.7. The predicted molar refractivity (Wildman–Crippen MR) is 382 cm³/mol. The van der Waals surface area contributed by atoms with Gasteiger partial charge in [0.25, 0.3) is 17.7 Å². The number of nitrogens with two attached hydrogens (primary N) is 1. The number of hydrogen-bond donors (Lipinski definition) is 10. The maximum Gasteiger partial charge on any atom is 0.415 e. The fourth-order valence-corrected chi connectivity index (χ4v) is 11.4. The number of amides is 5. The van der Waals surface area contributed by atoms with Crippen molar-refractivity contribution in [3.05, 3.63) is 151 Å². The number of anilines is 8. The van der Waals surface area contributed by atoms with Gasteiger partial charge in [-0.25, -0.2) is 39.5 Å². The van der Waals surface area contributed by atoms with Crippen molar-refractivity contribution < 1.29 is 62.0 Å². The molecule has 0 radical (unpaired) electrons. The lowest BCUT2D eigenvalue weighted by Gasteiger charge is -2.32. The van der Waals surface area contributed by atoms with Gasteiger partial charge < -0.3 is 75.7 Å². The summed E-state index contributed by atoms with van der Waals surface area (Å²) in [6.07, 6.45) is 10.9. The minimum absolute atomic E-state index is 0.143. The molecule has 11 N–H and O–H groups in total. The van der Waals surface area contributed by atoms with Gasteiger partial charge in [-0.05, 0) is 135 Å². The highest BCUT2D eigenvalue weighted by Gasteiger charge is 2.35. The minimum Gasteiger partial charge on any atom is -0.443 e. The molecular formula is C70H77ClN18O13. The lowest BCUT2D eigenvalue weighted by Crippen LogP contribution is -2.50. The number of aliphatic hydroxyl groups excluding tert-OH is 3. The summed E-state index contributed by atoms with van der Waals surface area (Å²) in [6, 6.07) is 25.8. The predicted octanol–water partition coefficient (Wildman–Crippen LogP) is 10.4. The number of fused-ring (bicyclic) bond motifs is 6.